The van der Waals surface area contributed by atoms with Crippen molar-refractivity contribution in [3.63, 3.8) is 0 Å². The Labute approximate surface area is 115 Å². The first-order valence-electron chi connectivity index (χ1n) is 5.55. The summed E-state index contributed by atoms with van der Waals surface area (Å²) in [5.41, 5.74) is 0.915. The van der Waals surface area contributed by atoms with Crippen LogP contribution in [0.5, 0.6) is 0 Å². The van der Waals surface area contributed by atoms with Crippen molar-refractivity contribution in [3.05, 3.63) is 40.7 Å². The minimum absolute atomic E-state index is 0.136. The third-order valence-electron chi connectivity index (χ3n) is 2.51. The Balaban J connectivity index is 1.93. The minimum Gasteiger partial charge on any atom is -0.257 e. The molecule has 2 heterocycles. The van der Waals surface area contributed by atoms with Crippen molar-refractivity contribution in [2.24, 2.45) is 0 Å². The quantitative estimate of drug-likeness (QED) is 0.786. The number of rotatable bonds is 2. The maximum atomic E-state index is 12.5. The van der Waals surface area contributed by atoms with E-state index in [2.05, 4.69) is 20.2 Å². The number of aromatic nitrogens is 4. The SMILES string of the molecule is FC(F)(F)c1nc(-c2nc(-c3ccccc3)n[nH]2)cs1. The summed E-state index contributed by atoms with van der Waals surface area (Å²) in [5.74, 6) is 0.637. The molecule has 8 heteroatoms. The van der Waals surface area contributed by atoms with E-state index >= 15 is 0 Å². The molecule has 0 atom stereocenters. The molecule has 3 rings (SSSR count). The molecule has 3 aromatic rings. The van der Waals surface area contributed by atoms with Crippen LogP contribution in [-0.4, -0.2) is 20.2 Å². The fourth-order valence-electron chi connectivity index (χ4n) is 1.61. The second-order valence-electron chi connectivity index (χ2n) is 3.91. The van der Waals surface area contributed by atoms with E-state index in [0.29, 0.717) is 17.2 Å². The number of aromatic amines is 1. The van der Waals surface area contributed by atoms with Gasteiger partial charge in [-0.2, -0.15) is 18.3 Å². The molecule has 102 valence electrons. The monoisotopic (exact) mass is 296 g/mol. The average Bonchev–Trinajstić information content (AvgIpc) is 3.08. The highest BCUT2D eigenvalue weighted by molar-refractivity contribution is 7.10. The highest BCUT2D eigenvalue weighted by Gasteiger charge is 2.34. The molecule has 0 aliphatic rings. The van der Waals surface area contributed by atoms with Gasteiger partial charge in [-0.25, -0.2) is 9.97 Å². The molecule has 0 bridgehead atoms. The van der Waals surface area contributed by atoms with Gasteiger partial charge in [0.25, 0.3) is 0 Å². The second kappa shape index (κ2) is 4.71. The van der Waals surface area contributed by atoms with Crippen LogP contribution >= 0.6 is 11.3 Å². The van der Waals surface area contributed by atoms with E-state index in [1.165, 1.54) is 5.38 Å². The summed E-state index contributed by atoms with van der Waals surface area (Å²) in [5, 5.41) is 6.99. The first kappa shape index (κ1) is 12.8. The van der Waals surface area contributed by atoms with E-state index < -0.39 is 11.2 Å². The van der Waals surface area contributed by atoms with Gasteiger partial charge in [0, 0.05) is 10.9 Å². The molecule has 0 saturated carbocycles. The standard InChI is InChI=1S/C12H7F3N4S/c13-12(14,15)11-16-8(6-20-11)10-17-9(18-19-10)7-4-2-1-3-5-7/h1-6H,(H,17,18,19). The van der Waals surface area contributed by atoms with Crippen LogP contribution in [0.1, 0.15) is 5.01 Å². The van der Waals surface area contributed by atoms with Crippen molar-refractivity contribution >= 4 is 11.3 Å². The molecule has 0 unspecified atom stereocenters. The number of hydrogen-bond acceptors (Lipinski definition) is 4. The highest BCUT2D eigenvalue weighted by atomic mass is 32.1. The fourth-order valence-corrected chi connectivity index (χ4v) is 2.28. The fraction of sp³-hybridized carbons (Fsp3) is 0.0833. The lowest BCUT2D eigenvalue weighted by Crippen LogP contribution is -2.03. The largest absolute Gasteiger partial charge is 0.443 e. The molecule has 0 aliphatic heterocycles. The molecule has 4 nitrogen and oxygen atoms in total. The Bertz CT molecular complexity index is 718. The van der Waals surface area contributed by atoms with Crippen LogP contribution in [0.3, 0.4) is 0 Å². The van der Waals surface area contributed by atoms with Gasteiger partial charge < -0.3 is 0 Å². The zero-order valence-electron chi connectivity index (χ0n) is 9.85. The first-order chi connectivity index (χ1) is 9.54. The van der Waals surface area contributed by atoms with Crippen LogP contribution in [0, 0.1) is 0 Å². The smallest absolute Gasteiger partial charge is 0.257 e. The van der Waals surface area contributed by atoms with Crippen molar-refractivity contribution in [3.8, 4) is 22.9 Å². The summed E-state index contributed by atoms with van der Waals surface area (Å²) in [6.45, 7) is 0. The Morgan fingerprint density at radius 1 is 1.05 bits per heavy atom. The van der Waals surface area contributed by atoms with Crippen LogP contribution in [0.4, 0.5) is 13.2 Å². The lowest BCUT2D eigenvalue weighted by molar-refractivity contribution is -0.137. The van der Waals surface area contributed by atoms with Crippen molar-refractivity contribution in [1.29, 1.82) is 0 Å². The summed E-state index contributed by atoms with van der Waals surface area (Å²) in [6, 6.07) is 9.14. The van der Waals surface area contributed by atoms with Gasteiger partial charge in [0.1, 0.15) is 5.69 Å². The summed E-state index contributed by atoms with van der Waals surface area (Å²) in [4.78, 5) is 7.67. The van der Waals surface area contributed by atoms with E-state index in [1.54, 1.807) is 0 Å². The van der Waals surface area contributed by atoms with Crippen molar-refractivity contribution in [2.45, 2.75) is 6.18 Å². The number of benzene rings is 1. The number of hydrogen-bond donors (Lipinski definition) is 1. The molecule has 2 aromatic heterocycles. The van der Waals surface area contributed by atoms with Crippen LogP contribution in [0.25, 0.3) is 22.9 Å². The molecule has 0 saturated heterocycles. The Morgan fingerprint density at radius 3 is 2.45 bits per heavy atom. The number of H-pyrrole nitrogens is 1. The average molecular weight is 296 g/mol. The third kappa shape index (κ3) is 2.42. The van der Waals surface area contributed by atoms with Gasteiger partial charge >= 0.3 is 6.18 Å². The number of alkyl halides is 3. The van der Waals surface area contributed by atoms with Gasteiger partial charge in [-0.3, -0.25) is 5.10 Å². The first-order valence-corrected chi connectivity index (χ1v) is 6.43. The predicted octanol–water partition coefficient (Wildman–Crippen LogP) is 3.61. The number of halogens is 3. The van der Waals surface area contributed by atoms with Crippen LogP contribution < -0.4 is 0 Å². The number of nitrogens with zero attached hydrogens (tertiary/aromatic N) is 3. The zero-order chi connectivity index (χ0) is 14.2. The van der Waals surface area contributed by atoms with Gasteiger partial charge in [-0.1, -0.05) is 30.3 Å². The molecule has 0 spiro atoms. The topological polar surface area (TPSA) is 54.5 Å². The van der Waals surface area contributed by atoms with Gasteiger partial charge in [-0.05, 0) is 0 Å². The molecular formula is C12H7F3N4S. The predicted molar refractivity (Wildman–Crippen MR) is 67.9 cm³/mol. The molecule has 0 fully saturated rings. The Kier molecular flexibility index (Phi) is 3.01. The van der Waals surface area contributed by atoms with Crippen molar-refractivity contribution in [2.75, 3.05) is 0 Å². The molecule has 0 aliphatic carbocycles. The van der Waals surface area contributed by atoms with E-state index in [0.717, 1.165) is 5.56 Å². The Morgan fingerprint density at radius 2 is 1.80 bits per heavy atom. The summed E-state index contributed by atoms with van der Waals surface area (Å²) < 4.78 is 37.5. The van der Waals surface area contributed by atoms with Crippen molar-refractivity contribution in [1.82, 2.24) is 20.2 Å². The Hall–Kier alpha value is -2.22. The van der Waals surface area contributed by atoms with Gasteiger partial charge in [-0.15, -0.1) is 11.3 Å². The van der Waals surface area contributed by atoms with E-state index in [4.69, 9.17) is 0 Å². The van der Waals surface area contributed by atoms with Crippen LogP contribution in [-0.2, 0) is 6.18 Å². The molecular weight excluding hydrogens is 289 g/mol. The van der Waals surface area contributed by atoms with Gasteiger partial charge in [0.15, 0.2) is 16.7 Å². The lowest BCUT2D eigenvalue weighted by atomic mass is 10.2. The summed E-state index contributed by atoms with van der Waals surface area (Å²) in [7, 11) is 0. The molecule has 1 aromatic carbocycles. The van der Waals surface area contributed by atoms with E-state index in [-0.39, 0.29) is 11.5 Å². The lowest BCUT2D eigenvalue weighted by Gasteiger charge is -1.98. The van der Waals surface area contributed by atoms with Crippen molar-refractivity contribution < 1.29 is 13.2 Å². The van der Waals surface area contributed by atoms with Gasteiger partial charge in [0.2, 0.25) is 0 Å². The number of thiazole rings is 1. The minimum atomic E-state index is -4.44. The summed E-state index contributed by atoms with van der Waals surface area (Å²) >= 11 is 0.533. The third-order valence-corrected chi connectivity index (χ3v) is 3.39. The normalized spacial score (nSPS) is 11.8. The number of nitrogens with one attached hydrogen (secondary N) is 1. The molecule has 1 N–H and O–H groups in total. The highest BCUT2D eigenvalue weighted by Crippen LogP contribution is 2.33. The second-order valence-corrected chi connectivity index (χ2v) is 4.77. The maximum absolute atomic E-state index is 12.5. The van der Waals surface area contributed by atoms with Crippen LogP contribution in [0.2, 0.25) is 0 Å². The molecule has 0 amide bonds. The maximum Gasteiger partial charge on any atom is 0.443 e. The zero-order valence-corrected chi connectivity index (χ0v) is 10.7. The molecule has 20 heavy (non-hydrogen) atoms. The van der Waals surface area contributed by atoms with E-state index in [1.807, 2.05) is 30.3 Å². The van der Waals surface area contributed by atoms with Crippen LogP contribution in [0.15, 0.2) is 35.7 Å². The van der Waals surface area contributed by atoms with Gasteiger partial charge in [0.05, 0.1) is 0 Å². The van der Waals surface area contributed by atoms with E-state index in [9.17, 15) is 13.2 Å². The molecule has 0 radical (unpaired) electrons. The summed E-state index contributed by atoms with van der Waals surface area (Å²) in [6.07, 6.45) is -4.44.